The van der Waals surface area contributed by atoms with Crippen molar-refractivity contribution in [2.75, 3.05) is 52.5 Å². The molecule has 0 radical (unpaired) electrons. The smallest absolute Gasteiger partial charge is 0.119 e. The van der Waals surface area contributed by atoms with Crippen LogP contribution in [0.4, 0.5) is 0 Å². The van der Waals surface area contributed by atoms with Crippen LogP contribution in [0.15, 0.2) is 48.5 Å². The summed E-state index contributed by atoms with van der Waals surface area (Å²) in [6.07, 6.45) is 0.0198. The lowest BCUT2D eigenvalue weighted by Crippen LogP contribution is -2.55. The third kappa shape index (κ3) is 7.42. The van der Waals surface area contributed by atoms with Gasteiger partial charge in [0.2, 0.25) is 0 Å². The van der Waals surface area contributed by atoms with E-state index in [-0.39, 0.29) is 13.2 Å². The molecule has 0 amide bonds. The van der Waals surface area contributed by atoms with E-state index < -0.39 is 12.2 Å². The molecule has 0 spiro atoms. The molecule has 2 aliphatic heterocycles. The maximum atomic E-state index is 10.5. The Hall–Kier alpha value is -3.14. The van der Waals surface area contributed by atoms with Gasteiger partial charge in [-0.15, -0.1) is 0 Å². The SMILES string of the molecule is N#Cc1ccc(OCC(O)CN2CC3CC(C2)CN(CC(O)COc2ccc(C#N)cc2)C3)cc1. The molecular formula is C27H32N4O4. The maximum Gasteiger partial charge on any atom is 0.119 e. The fourth-order valence-electron chi connectivity index (χ4n) is 5.13. The highest BCUT2D eigenvalue weighted by molar-refractivity contribution is 5.35. The van der Waals surface area contributed by atoms with E-state index in [2.05, 4.69) is 21.9 Å². The van der Waals surface area contributed by atoms with E-state index >= 15 is 0 Å². The molecule has 184 valence electrons. The third-order valence-electron chi connectivity index (χ3n) is 6.52. The molecule has 2 saturated heterocycles. The topological polar surface area (TPSA) is 113 Å². The van der Waals surface area contributed by atoms with Crippen LogP contribution in [0, 0.1) is 34.5 Å². The Kier molecular flexibility index (Phi) is 8.57. The molecule has 2 fully saturated rings. The van der Waals surface area contributed by atoms with Gasteiger partial charge >= 0.3 is 0 Å². The largest absolute Gasteiger partial charge is 0.491 e. The second kappa shape index (κ2) is 12.0. The van der Waals surface area contributed by atoms with Gasteiger partial charge in [-0.1, -0.05) is 0 Å². The summed E-state index contributed by atoms with van der Waals surface area (Å²) in [5, 5.41) is 38.7. The van der Waals surface area contributed by atoms with Crippen LogP contribution in [-0.2, 0) is 0 Å². The van der Waals surface area contributed by atoms with Gasteiger partial charge < -0.3 is 19.7 Å². The normalized spacial score (nSPS) is 21.9. The molecule has 0 saturated carbocycles. The Morgan fingerprint density at radius 3 is 1.43 bits per heavy atom. The Morgan fingerprint density at radius 2 is 1.09 bits per heavy atom. The molecular weight excluding hydrogens is 444 g/mol. The van der Waals surface area contributed by atoms with Gasteiger partial charge in [0.05, 0.1) is 23.3 Å². The summed E-state index contributed by atoms with van der Waals surface area (Å²) in [5.41, 5.74) is 1.16. The van der Waals surface area contributed by atoms with E-state index in [4.69, 9.17) is 20.0 Å². The van der Waals surface area contributed by atoms with E-state index in [1.807, 2.05) is 0 Å². The molecule has 2 unspecified atom stereocenters. The molecule has 0 aromatic heterocycles. The van der Waals surface area contributed by atoms with Crippen molar-refractivity contribution in [3.05, 3.63) is 59.7 Å². The molecule has 2 N–H and O–H groups in total. The zero-order valence-corrected chi connectivity index (χ0v) is 19.8. The summed E-state index contributed by atoms with van der Waals surface area (Å²) < 4.78 is 11.4. The van der Waals surface area contributed by atoms with Gasteiger partial charge in [-0.3, -0.25) is 9.80 Å². The molecule has 2 aromatic carbocycles. The van der Waals surface area contributed by atoms with Crippen molar-refractivity contribution < 1.29 is 19.7 Å². The number of fused-ring (bicyclic) bond motifs is 2. The second-order valence-electron chi connectivity index (χ2n) is 9.61. The van der Waals surface area contributed by atoms with Crippen molar-refractivity contribution in [2.45, 2.75) is 18.6 Å². The van der Waals surface area contributed by atoms with Gasteiger partial charge in [0.15, 0.2) is 0 Å². The number of β-amino-alcohol motifs (C(OH)–C–C–N with tert-alkyl or cyclic N) is 2. The van der Waals surface area contributed by atoms with Crippen LogP contribution in [0.1, 0.15) is 17.5 Å². The number of hydrogen-bond donors (Lipinski definition) is 2. The molecule has 2 heterocycles. The fraction of sp³-hybridized carbons (Fsp3) is 0.481. The fourth-order valence-corrected chi connectivity index (χ4v) is 5.13. The van der Waals surface area contributed by atoms with Crippen molar-refractivity contribution in [2.24, 2.45) is 11.8 Å². The minimum atomic E-state index is -0.582. The van der Waals surface area contributed by atoms with Crippen molar-refractivity contribution in [1.82, 2.24) is 9.80 Å². The van der Waals surface area contributed by atoms with E-state index in [1.54, 1.807) is 48.5 Å². The first-order chi connectivity index (χ1) is 17.0. The van der Waals surface area contributed by atoms with Gasteiger partial charge in [0.1, 0.15) is 36.9 Å². The highest BCUT2D eigenvalue weighted by atomic mass is 16.5. The summed E-state index contributed by atoms with van der Waals surface area (Å²) >= 11 is 0. The number of hydrogen-bond acceptors (Lipinski definition) is 8. The molecule has 2 atom stereocenters. The van der Waals surface area contributed by atoms with Crippen LogP contribution in [0.3, 0.4) is 0 Å². The van der Waals surface area contributed by atoms with Gasteiger partial charge in [0, 0.05) is 39.3 Å². The van der Waals surface area contributed by atoms with Crippen molar-refractivity contribution in [3.8, 4) is 23.6 Å². The predicted molar refractivity (Wildman–Crippen MR) is 130 cm³/mol. The zero-order chi connectivity index (χ0) is 24.6. The Balaban J connectivity index is 1.16. The molecule has 8 heteroatoms. The average Bonchev–Trinajstić information content (AvgIpc) is 2.86. The average molecular weight is 477 g/mol. The lowest BCUT2D eigenvalue weighted by molar-refractivity contribution is -0.0163. The van der Waals surface area contributed by atoms with E-state index in [0.717, 1.165) is 26.2 Å². The molecule has 4 rings (SSSR count). The summed E-state index contributed by atoms with van der Waals surface area (Å²) in [5.74, 6) is 2.33. The predicted octanol–water partition coefficient (Wildman–Crippen LogP) is 1.86. The summed E-state index contributed by atoms with van der Waals surface area (Å²) in [7, 11) is 0. The van der Waals surface area contributed by atoms with Crippen molar-refractivity contribution in [3.63, 3.8) is 0 Å². The summed E-state index contributed by atoms with van der Waals surface area (Å²) in [4.78, 5) is 4.65. The van der Waals surface area contributed by atoms with Crippen LogP contribution < -0.4 is 9.47 Å². The van der Waals surface area contributed by atoms with Crippen molar-refractivity contribution >= 4 is 0 Å². The number of rotatable bonds is 10. The lowest BCUT2D eigenvalue weighted by Gasteiger charge is -2.46. The van der Waals surface area contributed by atoms with Gasteiger partial charge in [0.25, 0.3) is 0 Å². The van der Waals surface area contributed by atoms with Gasteiger partial charge in [-0.25, -0.2) is 0 Å². The minimum absolute atomic E-state index is 0.218. The summed E-state index contributed by atoms with van der Waals surface area (Å²) in [6.45, 7) is 5.30. The number of likely N-dealkylation sites (tertiary alicyclic amines) is 2. The number of benzene rings is 2. The van der Waals surface area contributed by atoms with Crippen LogP contribution in [0.5, 0.6) is 11.5 Å². The maximum absolute atomic E-state index is 10.5. The number of ether oxygens (including phenoxy) is 2. The quantitative estimate of drug-likeness (QED) is 0.534. The monoisotopic (exact) mass is 476 g/mol. The van der Waals surface area contributed by atoms with E-state index in [0.29, 0.717) is 47.6 Å². The Bertz CT molecular complexity index is 936. The number of aliphatic hydroxyl groups is 2. The Labute approximate surface area is 206 Å². The number of aliphatic hydroxyl groups excluding tert-OH is 2. The lowest BCUT2D eigenvalue weighted by atomic mass is 9.84. The summed E-state index contributed by atoms with van der Waals surface area (Å²) in [6, 6.07) is 18.0. The first-order valence-electron chi connectivity index (χ1n) is 12.1. The third-order valence-corrected chi connectivity index (χ3v) is 6.52. The highest BCUT2D eigenvalue weighted by Crippen LogP contribution is 2.29. The van der Waals surface area contributed by atoms with Crippen LogP contribution in [0.25, 0.3) is 0 Å². The standard InChI is InChI=1S/C27H32N4O4/c28-10-20-1-5-26(6-2-20)34-18-24(32)16-30-12-22-9-23(13-30)15-31(14-22)17-25(33)19-35-27-7-3-21(11-29)4-8-27/h1-8,22-25,32-33H,9,12-19H2. The molecule has 0 aliphatic carbocycles. The van der Waals surface area contributed by atoms with E-state index in [9.17, 15) is 10.2 Å². The van der Waals surface area contributed by atoms with Crippen LogP contribution in [-0.4, -0.2) is 84.7 Å². The van der Waals surface area contributed by atoms with Crippen LogP contribution in [0.2, 0.25) is 0 Å². The second-order valence-corrected chi connectivity index (χ2v) is 9.61. The Morgan fingerprint density at radius 1 is 0.714 bits per heavy atom. The highest BCUT2D eigenvalue weighted by Gasteiger charge is 2.35. The zero-order valence-electron chi connectivity index (χ0n) is 19.8. The first-order valence-corrected chi connectivity index (χ1v) is 12.1. The number of nitriles is 2. The molecule has 2 aromatic rings. The van der Waals surface area contributed by atoms with Gasteiger partial charge in [-0.05, 0) is 66.8 Å². The first kappa shape index (κ1) is 25.0. The number of nitrogens with zero attached hydrogens (tertiary/aromatic N) is 4. The number of piperidine rings is 2. The van der Waals surface area contributed by atoms with Gasteiger partial charge in [-0.2, -0.15) is 10.5 Å². The van der Waals surface area contributed by atoms with Crippen LogP contribution >= 0.6 is 0 Å². The molecule has 2 aliphatic rings. The van der Waals surface area contributed by atoms with Crippen molar-refractivity contribution in [1.29, 1.82) is 10.5 Å². The molecule has 35 heavy (non-hydrogen) atoms. The minimum Gasteiger partial charge on any atom is -0.491 e. The molecule has 8 nitrogen and oxygen atoms in total. The molecule has 2 bridgehead atoms. The van der Waals surface area contributed by atoms with E-state index in [1.165, 1.54) is 6.42 Å².